The van der Waals surface area contributed by atoms with Gasteiger partial charge in [-0.2, -0.15) is 0 Å². The number of nitrogens with two attached hydrogens (primary N) is 1. The van der Waals surface area contributed by atoms with E-state index in [0.29, 0.717) is 19.0 Å². The highest BCUT2D eigenvalue weighted by atomic mass is 35.5. The molecule has 0 radical (unpaired) electrons. The van der Waals surface area contributed by atoms with Gasteiger partial charge in [-0.05, 0) is 6.92 Å². The minimum absolute atomic E-state index is 0.0231. The predicted molar refractivity (Wildman–Crippen MR) is 103 cm³/mol. The van der Waals surface area contributed by atoms with E-state index in [0.717, 1.165) is 0 Å². The molecule has 3 N–H and O–H groups in total. The van der Waals surface area contributed by atoms with Crippen LogP contribution in [0, 0.1) is 5.92 Å². The van der Waals surface area contributed by atoms with E-state index in [1.807, 2.05) is 4.90 Å². The standard InChI is InChI=1S/C19H24ClN3O7/c1-9-14(24)13-12(15(25)16(9)29-6-5-28-4-3-20)10(8-30-18(21)26)19(27-2)17-11(22-17)7-23(13)19/h10-11,17,22H,3-8H2,1-2H3,(H2,21,26)/t10?,11?,17?,19-/m1/s1. The number of alkyl halides is 1. The average Bonchev–Trinajstić information content (AvgIpc) is 3.33. The second kappa shape index (κ2) is 7.84. The van der Waals surface area contributed by atoms with Crippen molar-refractivity contribution in [3.05, 3.63) is 22.6 Å². The molecular formula is C19H24ClN3O7. The van der Waals surface area contributed by atoms with Gasteiger partial charge in [-0.25, -0.2) is 4.79 Å². The maximum atomic E-state index is 13.4. The molecule has 3 aliphatic heterocycles. The van der Waals surface area contributed by atoms with Crippen molar-refractivity contribution >= 4 is 29.3 Å². The Morgan fingerprint density at radius 1 is 1.30 bits per heavy atom. The third-order valence-electron chi connectivity index (χ3n) is 6.07. The second-order valence-corrected chi connectivity index (χ2v) is 7.90. The summed E-state index contributed by atoms with van der Waals surface area (Å²) >= 11 is 5.57. The highest BCUT2D eigenvalue weighted by Gasteiger charge is 2.72. The van der Waals surface area contributed by atoms with Gasteiger partial charge in [0.25, 0.3) is 0 Å². The molecule has 2 fully saturated rings. The van der Waals surface area contributed by atoms with Crippen molar-refractivity contribution in [3.63, 3.8) is 0 Å². The number of halogens is 1. The Morgan fingerprint density at radius 3 is 2.73 bits per heavy atom. The molecule has 0 bridgehead atoms. The number of carbonyl (C=O) groups is 3. The highest BCUT2D eigenvalue weighted by Crippen LogP contribution is 2.55. The quantitative estimate of drug-likeness (QED) is 0.213. The van der Waals surface area contributed by atoms with E-state index in [9.17, 15) is 14.4 Å². The first-order valence-corrected chi connectivity index (χ1v) is 10.2. The van der Waals surface area contributed by atoms with Crippen molar-refractivity contribution in [2.24, 2.45) is 11.7 Å². The molecule has 2 saturated heterocycles. The fourth-order valence-corrected chi connectivity index (χ4v) is 4.91. The summed E-state index contributed by atoms with van der Waals surface area (Å²) in [5.41, 5.74) is 4.91. The summed E-state index contributed by atoms with van der Waals surface area (Å²) < 4.78 is 21.9. The van der Waals surface area contributed by atoms with Gasteiger partial charge in [0.1, 0.15) is 13.2 Å². The summed E-state index contributed by atoms with van der Waals surface area (Å²) in [7, 11) is 1.52. The molecule has 3 unspecified atom stereocenters. The van der Waals surface area contributed by atoms with Gasteiger partial charge in [0.15, 0.2) is 11.5 Å². The smallest absolute Gasteiger partial charge is 0.404 e. The molecule has 0 aromatic carbocycles. The third kappa shape index (κ3) is 3.01. The van der Waals surface area contributed by atoms with Crippen LogP contribution < -0.4 is 11.1 Å². The largest absolute Gasteiger partial charge is 0.487 e. The Hall–Kier alpha value is -2.14. The van der Waals surface area contributed by atoms with E-state index >= 15 is 0 Å². The van der Waals surface area contributed by atoms with Crippen LogP contribution in [0.4, 0.5) is 4.79 Å². The van der Waals surface area contributed by atoms with Crippen LogP contribution in [0.25, 0.3) is 0 Å². The van der Waals surface area contributed by atoms with Gasteiger partial charge in [0, 0.05) is 36.7 Å². The summed E-state index contributed by atoms with van der Waals surface area (Å²) in [6.07, 6.45) is -0.964. The summed E-state index contributed by atoms with van der Waals surface area (Å²) in [4.78, 5) is 39.8. The molecule has 30 heavy (non-hydrogen) atoms. The Labute approximate surface area is 178 Å². The summed E-state index contributed by atoms with van der Waals surface area (Å²) in [5, 5.41) is 3.30. The van der Waals surface area contributed by atoms with Crippen molar-refractivity contribution in [2.45, 2.75) is 24.7 Å². The number of allylic oxidation sites excluding steroid dienone is 2. The molecule has 10 nitrogen and oxygen atoms in total. The molecule has 0 spiro atoms. The molecule has 3 heterocycles. The molecule has 164 valence electrons. The molecule has 4 atom stereocenters. The van der Waals surface area contributed by atoms with Crippen LogP contribution in [0.3, 0.4) is 0 Å². The van der Waals surface area contributed by atoms with E-state index in [1.54, 1.807) is 6.92 Å². The topological polar surface area (TPSA) is 139 Å². The Kier molecular flexibility index (Phi) is 5.52. The van der Waals surface area contributed by atoms with Gasteiger partial charge in [-0.15, -0.1) is 11.6 Å². The summed E-state index contributed by atoms with van der Waals surface area (Å²) in [6.45, 7) is 2.58. The maximum absolute atomic E-state index is 13.4. The number of ether oxygens (including phenoxy) is 4. The SMILES string of the molecule is CO[C@@]12C(COC(N)=O)C3=C(C(=O)C(C)=C(OCCOCCCl)C3=O)N1CC1NC12. The number of nitrogens with zero attached hydrogens (tertiary/aromatic N) is 1. The zero-order chi connectivity index (χ0) is 21.6. The molecule has 0 aromatic rings. The van der Waals surface area contributed by atoms with Crippen LogP contribution in [-0.2, 0) is 28.5 Å². The zero-order valence-corrected chi connectivity index (χ0v) is 17.5. The van der Waals surface area contributed by atoms with E-state index in [-0.39, 0.29) is 60.3 Å². The number of nitrogens with one attached hydrogen (secondary N) is 1. The van der Waals surface area contributed by atoms with Gasteiger partial charge in [0.05, 0.1) is 30.9 Å². The minimum atomic E-state index is -1.00. The zero-order valence-electron chi connectivity index (χ0n) is 16.7. The number of primary amides is 1. The number of Topliss-reactive ketones (excluding diaryl/α,β-unsaturated/α-hetero) is 2. The number of hydrogen-bond donors (Lipinski definition) is 2. The van der Waals surface area contributed by atoms with Crippen LogP contribution in [0.15, 0.2) is 22.6 Å². The maximum Gasteiger partial charge on any atom is 0.404 e. The first-order valence-electron chi connectivity index (χ1n) is 9.70. The Balaban J connectivity index is 1.64. The number of piperazine rings is 1. The Morgan fingerprint density at radius 2 is 2.07 bits per heavy atom. The molecule has 1 amide bonds. The fourth-order valence-electron chi connectivity index (χ4n) is 4.80. The van der Waals surface area contributed by atoms with Crippen molar-refractivity contribution in [3.8, 4) is 0 Å². The van der Waals surface area contributed by atoms with Gasteiger partial charge < -0.3 is 34.9 Å². The molecule has 11 heteroatoms. The lowest BCUT2D eigenvalue weighted by Gasteiger charge is -2.39. The molecule has 0 saturated carbocycles. The first kappa shape index (κ1) is 21.1. The van der Waals surface area contributed by atoms with Crippen molar-refractivity contribution in [1.82, 2.24) is 10.2 Å². The molecule has 1 aliphatic carbocycles. The van der Waals surface area contributed by atoms with Crippen molar-refractivity contribution in [2.75, 3.05) is 46.0 Å². The molecule has 4 rings (SSSR count). The van der Waals surface area contributed by atoms with Gasteiger partial charge >= 0.3 is 6.09 Å². The fraction of sp³-hybridized carbons (Fsp3) is 0.632. The summed E-state index contributed by atoms with van der Waals surface area (Å²) in [6, 6.07) is 0.0443. The minimum Gasteiger partial charge on any atom is -0.487 e. The lowest BCUT2D eigenvalue weighted by Crippen LogP contribution is -2.55. The number of carbonyl (C=O) groups excluding carboxylic acids is 3. The molecule has 4 aliphatic rings. The van der Waals surface area contributed by atoms with Crippen LogP contribution in [-0.4, -0.2) is 86.3 Å². The number of fused-ring (bicyclic) bond motifs is 4. The number of ketones is 2. The van der Waals surface area contributed by atoms with Crippen LogP contribution in [0.1, 0.15) is 6.92 Å². The molecular weight excluding hydrogens is 418 g/mol. The average molecular weight is 442 g/mol. The van der Waals surface area contributed by atoms with E-state index in [2.05, 4.69) is 5.32 Å². The number of methoxy groups -OCH3 is 1. The lowest BCUT2D eigenvalue weighted by molar-refractivity contribution is -0.137. The first-order chi connectivity index (χ1) is 14.4. The normalized spacial score (nSPS) is 31.7. The molecule has 0 aromatic heterocycles. The number of amides is 1. The predicted octanol–water partition coefficient (Wildman–Crippen LogP) is -0.338. The van der Waals surface area contributed by atoms with E-state index in [1.165, 1.54) is 7.11 Å². The monoisotopic (exact) mass is 441 g/mol. The summed E-state index contributed by atoms with van der Waals surface area (Å²) in [5.74, 6) is -1.08. The van der Waals surface area contributed by atoms with E-state index in [4.69, 9.17) is 36.3 Å². The van der Waals surface area contributed by atoms with Crippen molar-refractivity contribution < 1.29 is 33.3 Å². The third-order valence-corrected chi connectivity index (χ3v) is 6.22. The van der Waals surface area contributed by atoms with Gasteiger partial charge in [0.2, 0.25) is 11.6 Å². The Bertz CT molecular complexity index is 857. The highest BCUT2D eigenvalue weighted by molar-refractivity contribution is 6.25. The van der Waals surface area contributed by atoms with Crippen molar-refractivity contribution in [1.29, 1.82) is 0 Å². The van der Waals surface area contributed by atoms with Gasteiger partial charge in [-0.3, -0.25) is 9.59 Å². The lowest BCUT2D eigenvalue weighted by atomic mass is 9.83. The van der Waals surface area contributed by atoms with Crippen LogP contribution in [0.2, 0.25) is 0 Å². The van der Waals surface area contributed by atoms with Gasteiger partial charge in [-0.1, -0.05) is 0 Å². The van der Waals surface area contributed by atoms with Crippen LogP contribution >= 0.6 is 11.6 Å². The van der Waals surface area contributed by atoms with E-state index < -0.39 is 23.5 Å². The van der Waals surface area contributed by atoms with Crippen LogP contribution in [0.5, 0.6) is 0 Å². The number of rotatable bonds is 9. The number of hydrogen-bond acceptors (Lipinski definition) is 9. The second-order valence-electron chi connectivity index (χ2n) is 7.52.